The number of piperidine rings is 1. The van der Waals surface area contributed by atoms with Crippen molar-refractivity contribution in [2.45, 2.75) is 25.3 Å². The van der Waals surface area contributed by atoms with E-state index in [1.54, 1.807) is 30.3 Å². The van der Waals surface area contributed by atoms with Crippen molar-refractivity contribution < 1.29 is 18.8 Å². The number of furan rings is 1. The maximum atomic E-state index is 13.2. The average molecular weight is 454 g/mol. The van der Waals surface area contributed by atoms with E-state index < -0.39 is 5.91 Å². The molecule has 4 aromatic rings. The summed E-state index contributed by atoms with van der Waals surface area (Å²) in [6.45, 7) is 1.28. The molecule has 8 nitrogen and oxygen atoms in total. The summed E-state index contributed by atoms with van der Waals surface area (Å²) in [6.07, 6.45) is 3.12. The van der Waals surface area contributed by atoms with Crippen LogP contribution in [0, 0.1) is 0 Å². The SMILES string of the molecule is O=C(c1ccc2c(c1)C(=O)N(Cc1ccco1)C2=O)N1CCC(c2nc3ccccc3[nH]2)CC1. The lowest BCUT2D eigenvalue weighted by Crippen LogP contribution is -2.38. The van der Waals surface area contributed by atoms with E-state index in [-0.39, 0.29) is 29.8 Å². The molecule has 4 heterocycles. The van der Waals surface area contributed by atoms with Crippen molar-refractivity contribution in [1.29, 1.82) is 0 Å². The van der Waals surface area contributed by atoms with Gasteiger partial charge < -0.3 is 14.3 Å². The van der Waals surface area contributed by atoms with E-state index in [4.69, 9.17) is 9.40 Å². The Morgan fingerprint density at radius 2 is 1.79 bits per heavy atom. The zero-order valence-corrected chi connectivity index (χ0v) is 18.4. The van der Waals surface area contributed by atoms with Gasteiger partial charge in [0.25, 0.3) is 17.7 Å². The largest absolute Gasteiger partial charge is 0.467 e. The molecule has 2 aliphatic heterocycles. The first kappa shape index (κ1) is 20.4. The highest BCUT2D eigenvalue weighted by atomic mass is 16.3. The number of fused-ring (bicyclic) bond motifs is 2. The Labute approximate surface area is 195 Å². The lowest BCUT2D eigenvalue weighted by molar-refractivity contribution is 0.0631. The Kier molecular flexibility index (Phi) is 4.79. The molecule has 0 radical (unpaired) electrons. The number of hydrogen-bond acceptors (Lipinski definition) is 5. The number of carbonyl (C=O) groups excluding carboxylic acids is 3. The summed E-state index contributed by atoms with van der Waals surface area (Å²) in [5, 5.41) is 0. The summed E-state index contributed by atoms with van der Waals surface area (Å²) >= 11 is 0. The normalized spacial score (nSPS) is 16.5. The van der Waals surface area contributed by atoms with Crippen molar-refractivity contribution >= 4 is 28.8 Å². The van der Waals surface area contributed by atoms with Gasteiger partial charge in [-0.3, -0.25) is 19.3 Å². The molecule has 34 heavy (non-hydrogen) atoms. The Bertz CT molecular complexity index is 1380. The summed E-state index contributed by atoms with van der Waals surface area (Å²) < 4.78 is 5.28. The first-order valence-corrected chi connectivity index (χ1v) is 11.3. The minimum Gasteiger partial charge on any atom is -0.467 e. The molecule has 0 unspecified atom stereocenters. The standard InChI is InChI=1S/C26H22N4O4/c31-24(29-11-9-16(10-12-29)23-27-21-5-1-2-6-22(21)28-23)17-7-8-19-20(14-17)26(33)30(25(19)32)15-18-4-3-13-34-18/h1-8,13-14,16H,9-12,15H2,(H,27,28). The first-order valence-electron chi connectivity index (χ1n) is 11.3. The molecular formula is C26H22N4O4. The molecule has 1 saturated heterocycles. The molecule has 1 N–H and O–H groups in total. The lowest BCUT2D eigenvalue weighted by atomic mass is 9.95. The van der Waals surface area contributed by atoms with Gasteiger partial charge in [-0.05, 0) is 55.3 Å². The number of rotatable bonds is 4. The summed E-state index contributed by atoms with van der Waals surface area (Å²) in [5.74, 6) is 0.850. The van der Waals surface area contributed by atoms with Gasteiger partial charge >= 0.3 is 0 Å². The van der Waals surface area contributed by atoms with Crippen LogP contribution in [0.5, 0.6) is 0 Å². The van der Waals surface area contributed by atoms with Crippen LogP contribution in [0.15, 0.2) is 65.3 Å². The van der Waals surface area contributed by atoms with E-state index in [0.717, 1.165) is 34.6 Å². The molecular weight excluding hydrogens is 432 g/mol. The zero-order chi connectivity index (χ0) is 23.2. The van der Waals surface area contributed by atoms with Gasteiger partial charge in [0.1, 0.15) is 11.6 Å². The fourth-order valence-corrected chi connectivity index (χ4v) is 4.83. The van der Waals surface area contributed by atoms with Crippen LogP contribution >= 0.6 is 0 Å². The number of likely N-dealkylation sites (tertiary alicyclic amines) is 1. The van der Waals surface area contributed by atoms with E-state index in [0.29, 0.717) is 30.0 Å². The molecule has 3 amide bonds. The predicted octanol–water partition coefficient (Wildman–Crippen LogP) is 3.97. The number of para-hydroxylation sites is 2. The molecule has 6 rings (SSSR count). The van der Waals surface area contributed by atoms with Gasteiger partial charge in [0.2, 0.25) is 0 Å². The van der Waals surface area contributed by atoms with Crippen LogP contribution in [0.4, 0.5) is 0 Å². The van der Waals surface area contributed by atoms with Gasteiger partial charge in [0.05, 0.1) is 35.0 Å². The molecule has 170 valence electrons. The number of amides is 3. The van der Waals surface area contributed by atoms with Crippen molar-refractivity contribution in [1.82, 2.24) is 19.8 Å². The number of nitrogens with zero attached hydrogens (tertiary/aromatic N) is 3. The molecule has 0 spiro atoms. The second kappa shape index (κ2) is 7.98. The van der Waals surface area contributed by atoms with Crippen molar-refractivity contribution in [2.75, 3.05) is 13.1 Å². The minimum absolute atomic E-state index is 0.0674. The second-order valence-electron chi connectivity index (χ2n) is 8.74. The van der Waals surface area contributed by atoms with Crippen molar-refractivity contribution in [3.8, 4) is 0 Å². The molecule has 8 heteroatoms. The van der Waals surface area contributed by atoms with Crippen LogP contribution in [-0.2, 0) is 6.54 Å². The average Bonchev–Trinajstić information content (AvgIpc) is 3.60. The van der Waals surface area contributed by atoms with Gasteiger partial charge in [-0.1, -0.05) is 12.1 Å². The molecule has 0 saturated carbocycles. The Morgan fingerprint density at radius 3 is 2.56 bits per heavy atom. The summed E-state index contributed by atoms with van der Waals surface area (Å²) in [7, 11) is 0. The fraction of sp³-hybridized carbons (Fsp3) is 0.231. The van der Waals surface area contributed by atoms with Crippen LogP contribution < -0.4 is 0 Å². The molecule has 2 aromatic heterocycles. The van der Waals surface area contributed by atoms with E-state index in [2.05, 4.69) is 4.98 Å². The summed E-state index contributed by atoms with van der Waals surface area (Å²) in [5.41, 5.74) is 2.97. The van der Waals surface area contributed by atoms with Gasteiger partial charge in [-0.15, -0.1) is 0 Å². The van der Waals surface area contributed by atoms with E-state index in [9.17, 15) is 14.4 Å². The topological polar surface area (TPSA) is 99.5 Å². The maximum absolute atomic E-state index is 13.2. The van der Waals surface area contributed by atoms with Crippen molar-refractivity contribution in [3.05, 3.63) is 89.1 Å². The number of H-pyrrole nitrogens is 1. The van der Waals surface area contributed by atoms with Crippen molar-refractivity contribution in [3.63, 3.8) is 0 Å². The number of hydrogen-bond donors (Lipinski definition) is 1. The van der Waals surface area contributed by atoms with E-state index >= 15 is 0 Å². The fourth-order valence-electron chi connectivity index (χ4n) is 4.83. The third kappa shape index (κ3) is 3.39. The summed E-state index contributed by atoms with van der Waals surface area (Å²) in [6, 6.07) is 16.1. The van der Waals surface area contributed by atoms with Gasteiger partial charge in [0, 0.05) is 24.6 Å². The number of nitrogens with one attached hydrogen (secondary N) is 1. The number of aromatic nitrogens is 2. The molecule has 1 fully saturated rings. The van der Waals surface area contributed by atoms with Gasteiger partial charge in [0.15, 0.2) is 0 Å². The van der Waals surface area contributed by atoms with Crippen LogP contribution in [0.1, 0.15) is 61.4 Å². The molecule has 2 aromatic carbocycles. The highest BCUT2D eigenvalue weighted by molar-refractivity contribution is 6.22. The summed E-state index contributed by atoms with van der Waals surface area (Å²) in [4.78, 5) is 49.9. The third-order valence-corrected chi connectivity index (χ3v) is 6.69. The maximum Gasteiger partial charge on any atom is 0.261 e. The Hall–Kier alpha value is -4.20. The van der Waals surface area contributed by atoms with Gasteiger partial charge in [-0.2, -0.15) is 0 Å². The van der Waals surface area contributed by atoms with Crippen LogP contribution in [0.3, 0.4) is 0 Å². The van der Waals surface area contributed by atoms with Crippen LogP contribution in [0.2, 0.25) is 0 Å². The highest BCUT2D eigenvalue weighted by Crippen LogP contribution is 2.30. The number of imidazole rings is 1. The molecule has 0 aliphatic carbocycles. The number of aromatic amines is 1. The number of carbonyl (C=O) groups is 3. The Morgan fingerprint density at radius 1 is 1.00 bits per heavy atom. The van der Waals surface area contributed by atoms with Crippen molar-refractivity contribution in [2.24, 2.45) is 0 Å². The predicted molar refractivity (Wildman–Crippen MR) is 123 cm³/mol. The molecule has 2 aliphatic rings. The number of benzene rings is 2. The molecule has 0 atom stereocenters. The quantitative estimate of drug-likeness (QED) is 0.471. The zero-order valence-electron chi connectivity index (χ0n) is 18.4. The smallest absolute Gasteiger partial charge is 0.261 e. The number of imide groups is 1. The Balaban J connectivity index is 1.15. The van der Waals surface area contributed by atoms with E-state index in [1.807, 2.05) is 29.2 Å². The van der Waals surface area contributed by atoms with Crippen LogP contribution in [0.25, 0.3) is 11.0 Å². The molecule has 0 bridgehead atoms. The van der Waals surface area contributed by atoms with E-state index in [1.165, 1.54) is 6.26 Å². The lowest BCUT2D eigenvalue weighted by Gasteiger charge is -2.31. The highest BCUT2D eigenvalue weighted by Gasteiger charge is 2.37. The van der Waals surface area contributed by atoms with Crippen LogP contribution in [-0.4, -0.2) is 50.6 Å². The third-order valence-electron chi connectivity index (χ3n) is 6.69. The minimum atomic E-state index is -0.408. The van der Waals surface area contributed by atoms with Gasteiger partial charge in [-0.25, -0.2) is 4.98 Å². The second-order valence-corrected chi connectivity index (χ2v) is 8.74. The first-order chi connectivity index (χ1) is 16.6. The monoisotopic (exact) mass is 454 g/mol.